The zero-order valence-electron chi connectivity index (χ0n) is 11.1. The van der Waals surface area contributed by atoms with Crippen LogP contribution in [0.5, 0.6) is 0 Å². The van der Waals surface area contributed by atoms with Crippen molar-refractivity contribution in [3.05, 3.63) is 29.3 Å². The van der Waals surface area contributed by atoms with Crippen molar-refractivity contribution in [1.29, 1.82) is 0 Å². The van der Waals surface area contributed by atoms with Crippen LogP contribution >= 0.6 is 0 Å². The fourth-order valence-electron chi connectivity index (χ4n) is 1.44. The number of esters is 1. The number of halogens is 2. The van der Waals surface area contributed by atoms with E-state index in [0.29, 0.717) is 0 Å². The Balaban J connectivity index is 2.84. The van der Waals surface area contributed by atoms with E-state index in [-0.39, 0.29) is 23.7 Å². The zero-order chi connectivity index (χ0) is 15.3. The number of hydrogen-bond donors (Lipinski definition) is 1. The first-order chi connectivity index (χ1) is 9.32. The van der Waals surface area contributed by atoms with Crippen molar-refractivity contribution in [2.75, 3.05) is 30.5 Å². The van der Waals surface area contributed by atoms with Gasteiger partial charge in [-0.1, -0.05) is 6.92 Å². The molecule has 1 aromatic rings. The van der Waals surface area contributed by atoms with Gasteiger partial charge in [0.1, 0.15) is 0 Å². The molecule has 0 aliphatic carbocycles. The number of anilines is 1. The maximum absolute atomic E-state index is 13.7. The van der Waals surface area contributed by atoms with E-state index in [4.69, 9.17) is 0 Å². The number of methoxy groups -OCH3 is 1. The van der Waals surface area contributed by atoms with E-state index in [2.05, 4.69) is 10.1 Å². The van der Waals surface area contributed by atoms with E-state index in [1.807, 2.05) is 0 Å². The second-order valence-corrected chi connectivity index (χ2v) is 6.42. The molecule has 0 fully saturated rings. The first-order valence-electron chi connectivity index (χ1n) is 5.83. The van der Waals surface area contributed by atoms with Crippen LogP contribution in [-0.4, -0.2) is 39.5 Å². The van der Waals surface area contributed by atoms with E-state index in [9.17, 15) is 22.0 Å². The Kier molecular flexibility index (Phi) is 5.43. The highest BCUT2D eigenvalue weighted by Gasteiger charge is 2.19. The van der Waals surface area contributed by atoms with Crippen molar-refractivity contribution in [1.82, 2.24) is 0 Å². The second-order valence-electron chi connectivity index (χ2n) is 3.94. The molecule has 0 aliphatic heterocycles. The van der Waals surface area contributed by atoms with Gasteiger partial charge in [-0.3, -0.25) is 0 Å². The summed E-state index contributed by atoms with van der Waals surface area (Å²) in [5.74, 6) is -3.78. The van der Waals surface area contributed by atoms with Gasteiger partial charge in [0, 0.05) is 12.3 Å². The summed E-state index contributed by atoms with van der Waals surface area (Å²) in [6.07, 6.45) is 0. The lowest BCUT2D eigenvalue weighted by Crippen LogP contribution is -2.18. The molecular formula is C12H15F2NO4S. The van der Waals surface area contributed by atoms with Crippen molar-refractivity contribution in [3.63, 3.8) is 0 Å². The molecule has 0 saturated carbocycles. The van der Waals surface area contributed by atoms with Gasteiger partial charge in [-0.05, 0) is 12.1 Å². The number of ether oxygens (including phenoxy) is 1. The smallest absolute Gasteiger partial charge is 0.340 e. The van der Waals surface area contributed by atoms with Crippen LogP contribution in [0, 0.1) is 11.6 Å². The number of sulfone groups is 1. The fraction of sp³-hybridized carbons (Fsp3) is 0.417. The van der Waals surface area contributed by atoms with Gasteiger partial charge in [0.05, 0.1) is 24.1 Å². The Morgan fingerprint density at radius 3 is 2.50 bits per heavy atom. The van der Waals surface area contributed by atoms with Crippen LogP contribution in [0.1, 0.15) is 17.3 Å². The molecule has 0 heterocycles. The van der Waals surface area contributed by atoms with Crippen LogP contribution in [0.4, 0.5) is 14.5 Å². The number of hydrogen-bond acceptors (Lipinski definition) is 5. The highest BCUT2D eigenvalue weighted by Crippen LogP contribution is 2.21. The molecule has 20 heavy (non-hydrogen) atoms. The average Bonchev–Trinajstić information content (AvgIpc) is 2.42. The number of nitrogens with one attached hydrogen (secondary N) is 1. The lowest BCUT2D eigenvalue weighted by molar-refractivity contribution is 0.0594. The molecular weight excluding hydrogens is 292 g/mol. The Morgan fingerprint density at radius 2 is 1.95 bits per heavy atom. The van der Waals surface area contributed by atoms with Crippen LogP contribution in [0.3, 0.4) is 0 Å². The second kappa shape index (κ2) is 6.65. The van der Waals surface area contributed by atoms with E-state index >= 15 is 0 Å². The Labute approximate surface area is 115 Å². The highest BCUT2D eigenvalue weighted by molar-refractivity contribution is 7.91. The van der Waals surface area contributed by atoms with Crippen LogP contribution in [0.25, 0.3) is 0 Å². The SMILES string of the molecule is CCS(=O)(=O)CCNc1ccc(C(=O)OC)c(F)c1F. The average molecular weight is 307 g/mol. The molecule has 0 amide bonds. The molecule has 0 spiro atoms. The summed E-state index contributed by atoms with van der Waals surface area (Å²) < 4.78 is 54.1. The van der Waals surface area contributed by atoms with Gasteiger partial charge < -0.3 is 10.1 Å². The molecule has 0 aliphatic rings. The van der Waals surface area contributed by atoms with E-state index in [1.54, 1.807) is 0 Å². The van der Waals surface area contributed by atoms with Crippen molar-refractivity contribution >= 4 is 21.5 Å². The van der Waals surface area contributed by atoms with Gasteiger partial charge in [0.15, 0.2) is 21.5 Å². The van der Waals surface area contributed by atoms with Crippen LogP contribution < -0.4 is 5.32 Å². The van der Waals surface area contributed by atoms with Crippen LogP contribution in [0.15, 0.2) is 12.1 Å². The topological polar surface area (TPSA) is 72.5 Å². The van der Waals surface area contributed by atoms with Crippen molar-refractivity contribution in [2.45, 2.75) is 6.92 Å². The van der Waals surface area contributed by atoms with Gasteiger partial charge >= 0.3 is 5.97 Å². The van der Waals surface area contributed by atoms with Crippen LogP contribution in [0.2, 0.25) is 0 Å². The molecule has 5 nitrogen and oxygen atoms in total. The molecule has 1 aromatic carbocycles. The summed E-state index contributed by atoms with van der Waals surface area (Å²) in [4.78, 5) is 11.2. The lowest BCUT2D eigenvalue weighted by Gasteiger charge is -2.09. The molecule has 0 aromatic heterocycles. The minimum atomic E-state index is -3.19. The number of carbonyl (C=O) groups excluding carboxylic acids is 1. The number of benzene rings is 1. The molecule has 0 saturated heterocycles. The van der Waals surface area contributed by atoms with Crippen molar-refractivity contribution in [2.24, 2.45) is 0 Å². The third-order valence-electron chi connectivity index (χ3n) is 2.66. The van der Waals surface area contributed by atoms with Gasteiger partial charge in [-0.15, -0.1) is 0 Å². The summed E-state index contributed by atoms with van der Waals surface area (Å²) in [5, 5.41) is 2.48. The van der Waals surface area contributed by atoms with E-state index in [1.165, 1.54) is 6.92 Å². The predicted molar refractivity (Wildman–Crippen MR) is 70.5 cm³/mol. The molecule has 0 atom stereocenters. The summed E-state index contributed by atoms with van der Waals surface area (Å²) in [6, 6.07) is 2.23. The zero-order valence-corrected chi connectivity index (χ0v) is 11.9. The third-order valence-corrected chi connectivity index (χ3v) is 4.36. The van der Waals surface area contributed by atoms with Gasteiger partial charge in [0.2, 0.25) is 0 Å². The Bertz CT molecular complexity index is 602. The molecule has 112 valence electrons. The van der Waals surface area contributed by atoms with Crippen molar-refractivity contribution < 1.29 is 26.7 Å². The largest absolute Gasteiger partial charge is 0.465 e. The first kappa shape index (κ1) is 16.4. The van der Waals surface area contributed by atoms with Crippen LogP contribution in [-0.2, 0) is 14.6 Å². The highest BCUT2D eigenvalue weighted by atomic mass is 32.2. The molecule has 8 heteroatoms. The Hall–Kier alpha value is -1.70. The maximum Gasteiger partial charge on any atom is 0.340 e. The number of carbonyl (C=O) groups is 1. The lowest BCUT2D eigenvalue weighted by atomic mass is 10.2. The van der Waals surface area contributed by atoms with Crippen molar-refractivity contribution in [3.8, 4) is 0 Å². The minimum absolute atomic E-state index is 0.0210. The van der Waals surface area contributed by atoms with E-state index in [0.717, 1.165) is 19.2 Å². The molecule has 0 bridgehead atoms. The summed E-state index contributed by atoms with van der Waals surface area (Å²) in [5.41, 5.74) is -0.724. The first-order valence-corrected chi connectivity index (χ1v) is 7.65. The monoisotopic (exact) mass is 307 g/mol. The standard InChI is InChI=1S/C12H15F2NO4S/c1-3-20(17,18)7-6-15-9-5-4-8(12(16)19-2)10(13)11(9)14/h4-5,15H,3,6-7H2,1-2H3. The summed E-state index contributed by atoms with van der Waals surface area (Å²) in [7, 11) is -2.13. The number of rotatable bonds is 6. The molecule has 1 N–H and O–H groups in total. The summed E-state index contributed by atoms with van der Waals surface area (Å²) in [6.45, 7) is 1.45. The third kappa shape index (κ3) is 3.89. The summed E-state index contributed by atoms with van der Waals surface area (Å²) >= 11 is 0. The Morgan fingerprint density at radius 1 is 1.30 bits per heavy atom. The predicted octanol–water partition coefficient (Wildman–Crippen LogP) is 1.60. The molecule has 0 unspecified atom stereocenters. The van der Waals surface area contributed by atoms with E-state index < -0.39 is 33.0 Å². The molecule has 0 radical (unpaired) electrons. The van der Waals surface area contributed by atoms with Gasteiger partial charge in [-0.25, -0.2) is 22.0 Å². The van der Waals surface area contributed by atoms with Gasteiger partial charge in [-0.2, -0.15) is 0 Å². The normalized spacial score (nSPS) is 11.2. The van der Waals surface area contributed by atoms with Gasteiger partial charge in [0.25, 0.3) is 0 Å². The fourth-order valence-corrected chi connectivity index (χ4v) is 2.14. The maximum atomic E-state index is 13.7. The quantitative estimate of drug-likeness (QED) is 0.808. The minimum Gasteiger partial charge on any atom is -0.465 e. The molecule has 1 rings (SSSR count).